The summed E-state index contributed by atoms with van der Waals surface area (Å²) in [7, 11) is 3.01. The average molecular weight is 283 g/mol. The second-order valence-electron chi connectivity index (χ2n) is 5.09. The molecule has 0 saturated heterocycles. The summed E-state index contributed by atoms with van der Waals surface area (Å²) >= 11 is 0. The summed E-state index contributed by atoms with van der Waals surface area (Å²) in [6, 6.07) is 4.99. The lowest BCUT2D eigenvalue weighted by Gasteiger charge is -2.29. The van der Waals surface area contributed by atoms with Gasteiger partial charge in [0.25, 0.3) is 0 Å². The molecule has 1 N–H and O–H groups in total. The molecule has 5 heteroatoms. The minimum atomic E-state index is -0.867. The number of benzene rings is 1. The zero-order valence-corrected chi connectivity index (χ0v) is 12.6. The highest BCUT2D eigenvalue weighted by atomic mass is 19.1. The van der Waals surface area contributed by atoms with Crippen molar-refractivity contribution in [3.63, 3.8) is 0 Å². The van der Waals surface area contributed by atoms with Crippen LogP contribution in [0, 0.1) is 12.7 Å². The van der Waals surface area contributed by atoms with Gasteiger partial charge < -0.3 is 14.8 Å². The van der Waals surface area contributed by atoms with Crippen molar-refractivity contribution in [3.05, 3.63) is 29.6 Å². The highest BCUT2D eigenvalue weighted by Crippen LogP contribution is 2.23. The molecule has 0 radical (unpaired) electrons. The van der Waals surface area contributed by atoms with Crippen molar-refractivity contribution in [2.45, 2.75) is 38.8 Å². The van der Waals surface area contributed by atoms with Crippen LogP contribution in [0.4, 0.5) is 4.39 Å². The summed E-state index contributed by atoms with van der Waals surface area (Å²) < 4.78 is 24.2. The van der Waals surface area contributed by atoms with Crippen molar-refractivity contribution in [2.24, 2.45) is 0 Å². The molecule has 0 aromatic heterocycles. The largest absolute Gasteiger partial charge is 0.488 e. The molecule has 4 nitrogen and oxygen atoms in total. The first-order valence-electron chi connectivity index (χ1n) is 6.53. The van der Waals surface area contributed by atoms with E-state index in [1.807, 2.05) is 0 Å². The van der Waals surface area contributed by atoms with Crippen molar-refractivity contribution in [3.8, 4) is 5.75 Å². The molecule has 2 unspecified atom stereocenters. The third-order valence-electron chi connectivity index (χ3n) is 3.37. The molecule has 0 aliphatic heterocycles. The average Bonchev–Trinajstić information content (AvgIpc) is 2.42. The van der Waals surface area contributed by atoms with E-state index in [4.69, 9.17) is 9.47 Å². The number of rotatable bonds is 6. The van der Waals surface area contributed by atoms with E-state index in [0.29, 0.717) is 12.0 Å². The summed E-state index contributed by atoms with van der Waals surface area (Å²) in [6.45, 7) is 5.20. The van der Waals surface area contributed by atoms with E-state index >= 15 is 0 Å². The normalized spacial score (nSPS) is 15.3. The van der Waals surface area contributed by atoms with Crippen LogP contribution in [0.3, 0.4) is 0 Å². The number of likely N-dealkylation sites (N-methyl/N-ethyl adjacent to an activating group) is 1. The molecule has 0 fully saturated rings. The summed E-state index contributed by atoms with van der Waals surface area (Å²) in [6.07, 6.45) is 0.0201. The minimum absolute atomic E-state index is 0.195. The standard InChI is InChI=1S/C15H22FNO3/c1-10-7-6-8-12(13(10)16)20-11(2)9-15(3,17-4)14(18)19-5/h6-8,11,17H,9H2,1-5H3. The first-order chi connectivity index (χ1) is 9.34. The first-order valence-corrected chi connectivity index (χ1v) is 6.53. The molecule has 0 aliphatic rings. The smallest absolute Gasteiger partial charge is 0.325 e. The molecule has 0 heterocycles. The van der Waals surface area contributed by atoms with E-state index in [0.717, 1.165) is 0 Å². The number of hydrogen-bond acceptors (Lipinski definition) is 4. The maximum absolute atomic E-state index is 13.9. The van der Waals surface area contributed by atoms with Crippen LogP contribution >= 0.6 is 0 Å². The molecule has 0 aliphatic carbocycles. The maximum Gasteiger partial charge on any atom is 0.325 e. The van der Waals surface area contributed by atoms with Gasteiger partial charge in [-0.25, -0.2) is 4.39 Å². The van der Waals surface area contributed by atoms with Gasteiger partial charge in [-0.2, -0.15) is 0 Å². The third kappa shape index (κ3) is 3.70. The number of aryl methyl sites for hydroxylation is 1. The number of hydrogen-bond donors (Lipinski definition) is 1. The molecule has 112 valence electrons. The Morgan fingerprint density at radius 1 is 1.50 bits per heavy atom. The van der Waals surface area contributed by atoms with Gasteiger partial charge in [-0.05, 0) is 39.4 Å². The van der Waals surface area contributed by atoms with Crippen LogP contribution in [-0.4, -0.2) is 31.8 Å². The third-order valence-corrected chi connectivity index (χ3v) is 3.37. The molecule has 2 atom stereocenters. The number of nitrogens with one attached hydrogen (secondary N) is 1. The van der Waals surface area contributed by atoms with Crippen LogP contribution in [0.2, 0.25) is 0 Å². The van der Waals surface area contributed by atoms with Crippen molar-refractivity contribution in [1.82, 2.24) is 5.32 Å². The van der Waals surface area contributed by atoms with Gasteiger partial charge in [-0.3, -0.25) is 4.79 Å². The Morgan fingerprint density at radius 3 is 2.70 bits per heavy atom. The summed E-state index contributed by atoms with van der Waals surface area (Å²) in [4.78, 5) is 11.8. The molecule has 1 rings (SSSR count). The number of carbonyl (C=O) groups excluding carboxylic acids is 1. The zero-order valence-electron chi connectivity index (χ0n) is 12.6. The lowest BCUT2D eigenvalue weighted by Crippen LogP contribution is -2.50. The lowest BCUT2D eigenvalue weighted by molar-refractivity contribution is -0.148. The van der Waals surface area contributed by atoms with Gasteiger partial charge in [-0.15, -0.1) is 0 Å². The molecule has 20 heavy (non-hydrogen) atoms. The Bertz CT molecular complexity index is 478. The predicted molar refractivity (Wildman–Crippen MR) is 75.3 cm³/mol. The molecule has 1 aromatic carbocycles. The van der Waals surface area contributed by atoms with Crippen LogP contribution in [-0.2, 0) is 9.53 Å². The van der Waals surface area contributed by atoms with Gasteiger partial charge in [-0.1, -0.05) is 12.1 Å². The first kappa shape index (κ1) is 16.4. The van der Waals surface area contributed by atoms with E-state index in [9.17, 15) is 9.18 Å². The predicted octanol–water partition coefficient (Wildman–Crippen LogP) is 2.44. The van der Waals surface area contributed by atoms with Gasteiger partial charge in [0.1, 0.15) is 5.54 Å². The Balaban J connectivity index is 2.79. The zero-order chi connectivity index (χ0) is 15.3. The van der Waals surface area contributed by atoms with Crippen LogP contribution in [0.5, 0.6) is 5.75 Å². The van der Waals surface area contributed by atoms with Gasteiger partial charge in [0, 0.05) is 6.42 Å². The number of methoxy groups -OCH3 is 1. The monoisotopic (exact) mass is 283 g/mol. The van der Waals surface area contributed by atoms with Gasteiger partial charge in [0.15, 0.2) is 11.6 Å². The van der Waals surface area contributed by atoms with Crippen molar-refractivity contribution >= 4 is 5.97 Å². The van der Waals surface area contributed by atoms with E-state index in [-0.39, 0.29) is 23.6 Å². The van der Waals surface area contributed by atoms with Crippen molar-refractivity contribution < 1.29 is 18.7 Å². The van der Waals surface area contributed by atoms with E-state index in [1.54, 1.807) is 46.0 Å². The van der Waals surface area contributed by atoms with Gasteiger partial charge >= 0.3 is 5.97 Å². The highest BCUT2D eigenvalue weighted by Gasteiger charge is 2.35. The second kappa shape index (κ2) is 6.70. The van der Waals surface area contributed by atoms with Crippen LogP contribution < -0.4 is 10.1 Å². The van der Waals surface area contributed by atoms with E-state index < -0.39 is 5.54 Å². The van der Waals surface area contributed by atoms with Crippen molar-refractivity contribution in [2.75, 3.05) is 14.2 Å². The Hall–Kier alpha value is -1.62. The van der Waals surface area contributed by atoms with Crippen LogP contribution in [0.25, 0.3) is 0 Å². The molecule has 0 amide bonds. The van der Waals surface area contributed by atoms with E-state index in [1.165, 1.54) is 7.11 Å². The minimum Gasteiger partial charge on any atom is -0.488 e. The number of halogens is 1. The van der Waals surface area contributed by atoms with Crippen LogP contribution in [0.1, 0.15) is 25.8 Å². The lowest BCUT2D eigenvalue weighted by atomic mass is 9.95. The van der Waals surface area contributed by atoms with Gasteiger partial charge in [0.2, 0.25) is 0 Å². The SMILES string of the molecule is CNC(C)(CC(C)Oc1cccc(C)c1F)C(=O)OC. The molecule has 0 saturated carbocycles. The van der Waals surface area contributed by atoms with Crippen molar-refractivity contribution in [1.29, 1.82) is 0 Å². The number of ether oxygens (including phenoxy) is 2. The summed E-state index contributed by atoms with van der Waals surface area (Å²) in [5.41, 5.74) is -0.340. The second-order valence-corrected chi connectivity index (χ2v) is 5.09. The molecule has 1 aromatic rings. The fraction of sp³-hybridized carbons (Fsp3) is 0.533. The summed E-state index contributed by atoms with van der Waals surface area (Å²) in [5, 5.41) is 2.92. The molecular formula is C15H22FNO3. The van der Waals surface area contributed by atoms with E-state index in [2.05, 4.69) is 5.32 Å². The molecule has 0 spiro atoms. The van der Waals surface area contributed by atoms with Crippen LogP contribution in [0.15, 0.2) is 18.2 Å². The Labute approximate surface area is 119 Å². The number of esters is 1. The molecule has 0 bridgehead atoms. The van der Waals surface area contributed by atoms with Gasteiger partial charge in [0.05, 0.1) is 13.2 Å². The Morgan fingerprint density at radius 2 is 2.15 bits per heavy atom. The topological polar surface area (TPSA) is 47.6 Å². The fourth-order valence-electron chi connectivity index (χ4n) is 2.06. The Kier molecular flexibility index (Phi) is 5.51. The molecular weight excluding hydrogens is 261 g/mol. The maximum atomic E-state index is 13.9. The number of carbonyl (C=O) groups is 1. The highest BCUT2D eigenvalue weighted by molar-refractivity contribution is 5.80. The quantitative estimate of drug-likeness (QED) is 0.815. The fourth-order valence-corrected chi connectivity index (χ4v) is 2.06. The summed E-state index contributed by atoms with van der Waals surface area (Å²) in [5.74, 6) is -0.551.